The lowest BCUT2D eigenvalue weighted by atomic mass is 10.1. The number of ether oxygens (including phenoxy) is 1. The molecule has 0 aliphatic heterocycles. The lowest BCUT2D eigenvalue weighted by molar-refractivity contribution is 0.0919. The summed E-state index contributed by atoms with van der Waals surface area (Å²) in [4.78, 5) is 23.1. The number of carbonyl (C=O) groups is 2. The fourth-order valence-electron chi connectivity index (χ4n) is 1.40. The molecule has 2 amide bonds. The maximum atomic E-state index is 11.9. The van der Waals surface area contributed by atoms with E-state index in [4.69, 9.17) is 4.74 Å². The molecule has 1 aromatic carbocycles. The molecule has 0 atom stereocenters. The standard InChI is InChI=1S/C14H20N2O3/c1-5-19-13(18)15-11-8-6-10(7-9-11)12(17)16-14(2,3)4/h6-9H,5H2,1-4H3,(H,15,18)(H,16,17). The first-order chi connectivity index (χ1) is 8.81. The van der Waals surface area contributed by atoms with Gasteiger partial charge in [-0.05, 0) is 52.0 Å². The highest BCUT2D eigenvalue weighted by atomic mass is 16.5. The lowest BCUT2D eigenvalue weighted by Gasteiger charge is -2.20. The summed E-state index contributed by atoms with van der Waals surface area (Å²) in [7, 11) is 0. The molecule has 5 nitrogen and oxygen atoms in total. The molecule has 1 rings (SSSR count). The second-order valence-electron chi connectivity index (χ2n) is 5.13. The van der Waals surface area contributed by atoms with E-state index in [-0.39, 0.29) is 11.4 Å². The van der Waals surface area contributed by atoms with E-state index in [1.54, 1.807) is 31.2 Å². The van der Waals surface area contributed by atoms with E-state index in [2.05, 4.69) is 10.6 Å². The quantitative estimate of drug-likeness (QED) is 0.882. The van der Waals surface area contributed by atoms with E-state index in [0.29, 0.717) is 17.9 Å². The Hall–Kier alpha value is -2.04. The van der Waals surface area contributed by atoms with Crippen LogP contribution in [0.4, 0.5) is 10.5 Å². The van der Waals surface area contributed by atoms with Gasteiger partial charge in [0, 0.05) is 16.8 Å². The minimum Gasteiger partial charge on any atom is -0.450 e. The lowest BCUT2D eigenvalue weighted by Crippen LogP contribution is -2.40. The van der Waals surface area contributed by atoms with Crippen LogP contribution < -0.4 is 10.6 Å². The summed E-state index contributed by atoms with van der Waals surface area (Å²) in [6, 6.07) is 6.63. The molecule has 104 valence electrons. The second-order valence-corrected chi connectivity index (χ2v) is 5.13. The van der Waals surface area contributed by atoms with Gasteiger partial charge in [0.2, 0.25) is 0 Å². The topological polar surface area (TPSA) is 67.4 Å². The molecule has 0 heterocycles. The van der Waals surface area contributed by atoms with Gasteiger partial charge in [-0.2, -0.15) is 0 Å². The minimum absolute atomic E-state index is 0.143. The van der Waals surface area contributed by atoms with E-state index in [1.165, 1.54) is 0 Å². The average Bonchev–Trinajstić information content (AvgIpc) is 2.27. The van der Waals surface area contributed by atoms with Crippen molar-refractivity contribution < 1.29 is 14.3 Å². The van der Waals surface area contributed by atoms with Crippen LogP contribution in [0.25, 0.3) is 0 Å². The van der Waals surface area contributed by atoms with Crippen molar-refractivity contribution in [1.29, 1.82) is 0 Å². The Labute approximate surface area is 113 Å². The van der Waals surface area contributed by atoms with Gasteiger partial charge in [0.1, 0.15) is 0 Å². The summed E-state index contributed by atoms with van der Waals surface area (Å²) in [5, 5.41) is 5.43. The van der Waals surface area contributed by atoms with Crippen molar-refractivity contribution in [2.24, 2.45) is 0 Å². The normalized spacial score (nSPS) is 10.7. The van der Waals surface area contributed by atoms with E-state index in [1.807, 2.05) is 20.8 Å². The van der Waals surface area contributed by atoms with Crippen LogP contribution in [0.5, 0.6) is 0 Å². The Morgan fingerprint density at radius 2 is 1.74 bits per heavy atom. The maximum Gasteiger partial charge on any atom is 0.411 e. The highest BCUT2D eigenvalue weighted by Gasteiger charge is 2.15. The van der Waals surface area contributed by atoms with Crippen LogP contribution in [0, 0.1) is 0 Å². The zero-order chi connectivity index (χ0) is 14.5. The third-order valence-corrected chi connectivity index (χ3v) is 2.16. The molecular formula is C14H20N2O3. The van der Waals surface area contributed by atoms with Crippen molar-refractivity contribution in [2.75, 3.05) is 11.9 Å². The molecule has 0 spiro atoms. The largest absolute Gasteiger partial charge is 0.450 e. The van der Waals surface area contributed by atoms with Crippen LogP contribution in [0.15, 0.2) is 24.3 Å². The molecular weight excluding hydrogens is 244 g/mol. The third-order valence-electron chi connectivity index (χ3n) is 2.16. The molecule has 19 heavy (non-hydrogen) atoms. The fourth-order valence-corrected chi connectivity index (χ4v) is 1.40. The third kappa shape index (κ3) is 5.42. The molecule has 0 saturated carbocycles. The fraction of sp³-hybridized carbons (Fsp3) is 0.429. The molecule has 0 unspecified atom stereocenters. The van der Waals surface area contributed by atoms with Gasteiger partial charge >= 0.3 is 6.09 Å². The Kier molecular flexibility index (Phi) is 4.92. The number of amides is 2. The first-order valence-corrected chi connectivity index (χ1v) is 6.18. The van der Waals surface area contributed by atoms with Crippen molar-refractivity contribution in [1.82, 2.24) is 5.32 Å². The highest BCUT2D eigenvalue weighted by molar-refractivity contribution is 5.95. The smallest absolute Gasteiger partial charge is 0.411 e. The molecule has 0 aliphatic rings. The molecule has 0 radical (unpaired) electrons. The van der Waals surface area contributed by atoms with Crippen molar-refractivity contribution in [3.05, 3.63) is 29.8 Å². The summed E-state index contributed by atoms with van der Waals surface area (Å²) < 4.78 is 4.76. The van der Waals surface area contributed by atoms with Crippen LogP contribution in [0.3, 0.4) is 0 Å². The number of rotatable bonds is 3. The number of benzene rings is 1. The van der Waals surface area contributed by atoms with Gasteiger partial charge in [-0.1, -0.05) is 0 Å². The van der Waals surface area contributed by atoms with Crippen LogP contribution in [0.1, 0.15) is 38.1 Å². The summed E-state index contributed by atoms with van der Waals surface area (Å²) >= 11 is 0. The Morgan fingerprint density at radius 3 is 2.21 bits per heavy atom. The van der Waals surface area contributed by atoms with Crippen LogP contribution in [0.2, 0.25) is 0 Å². The minimum atomic E-state index is -0.505. The molecule has 0 aromatic heterocycles. The first kappa shape index (κ1) is 15.0. The Bertz CT molecular complexity index is 447. The molecule has 0 aliphatic carbocycles. The first-order valence-electron chi connectivity index (χ1n) is 6.18. The maximum absolute atomic E-state index is 11.9. The predicted octanol–water partition coefficient (Wildman–Crippen LogP) is 2.78. The van der Waals surface area contributed by atoms with Crippen molar-refractivity contribution in [2.45, 2.75) is 33.2 Å². The highest BCUT2D eigenvalue weighted by Crippen LogP contribution is 2.11. The average molecular weight is 264 g/mol. The second kappa shape index (κ2) is 6.22. The van der Waals surface area contributed by atoms with E-state index >= 15 is 0 Å². The van der Waals surface area contributed by atoms with E-state index in [0.717, 1.165) is 0 Å². The van der Waals surface area contributed by atoms with E-state index < -0.39 is 6.09 Å². The van der Waals surface area contributed by atoms with Gasteiger partial charge in [-0.25, -0.2) is 4.79 Å². The van der Waals surface area contributed by atoms with Crippen molar-refractivity contribution in [3.8, 4) is 0 Å². The predicted molar refractivity (Wildman–Crippen MR) is 74.3 cm³/mol. The van der Waals surface area contributed by atoms with Gasteiger partial charge in [0.15, 0.2) is 0 Å². The van der Waals surface area contributed by atoms with Gasteiger partial charge in [0.05, 0.1) is 6.61 Å². The zero-order valence-electron chi connectivity index (χ0n) is 11.7. The molecule has 1 aromatic rings. The van der Waals surface area contributed by atoms with Crippen LogP contribution in [-0.2, 0) is 4.74 Å². The Balaban J connectivity index is 2.66. The summed E-state index contributed by atoms with van der Waals surface area (Å²) in [6.45, 7) is 7.81. The summed E-state index contributed by atoms with van der Waals surface area (Å²) in [5.74, 6) is -0.143. The number of hydrogen-bond donors (Lipinski definition) is 2. The zero-order valence-corrected chi connectivity index (χ0v) is 11.7. The molecule has 5 heteroatoms. The number of nitrogens with one attached hydrogen (secondary N) is 2. The van der Waals surface area contributed by atoms with Crippen LogP contribution in [-0.4, -0.2) is 24.1 Å². The van der Waals surface area contributed by atoms with Crippen molar-refractivity contribution >= 4 is 17.7 Å². The van der Waals surface area contributed by atoms with Crippen LogP contribution >= 0.6 is 0 Å². The number of carbonyl (C=O) groups excluding carboxylic acids is 2. The summed E-state index contributed by atoms with van der Waals surface area (Å²) in [5.41, 5.74) is 0.856. The molecule has 0 saturated heterocycles. The molecule has 0 bridgehead atoms. The monoisotopic (exact) mass is 264 g/mol. The van der Waals surface area contributed by atoms with Gasteiger partial charge in [0.25, 0.3) is 5.91 Å². The SMILES string of the molecule is CCOC(=O)Nc1ccc(C(=O)NC(C)(C)C)cc1. The summed E-state index contributed by atoms with van der Waals surface area (Å²) in [6.07, 6.45) is -0.505. The van der Waals surface area contributed by atoms with Gasteiger partial charge < -0.3 is 10.1 Å². The number of hydrogen-bond acceptors (Lipinski definition) is 3. The number of anilines is 1. The van der Waals surface area contributed by atoms with Gasteiger partial charge in [-0.15, -0.1) is 0 Å². The Morgan fingerprint density at radius 1 is 1.16 bits per heavy atom. The van der Waals surface area contributed by atoms with Crippen molar-refractivity contribution in [3.63, 3.8) is 0 Å². The molecule has 0 fully saturated rings. The molecule has 2 N–H and O–H groups in total. The van der Waals surface area contributed by atoms with E-state index in [9.17, 15) is 9.59 Å². The van der Waals surface area contributed by atoms with Gasteiger partial charge in [-0.3, -0.25) is 10.1 Å².